The number of nitrogens with one attached hydrogen (secondary N) is 1. The first-order valence-electron chi connectivity index (χ1n) is 7.40. The van der Waals surface area contributed by atoms with Crippen LogP contribution in [0.25, 0.3) is 0 Å². The summed E-state index contributed by atoms with van der Waals surface area (Å²) in [5, 5.41) is 11.3. The molecule has 2 rings (SSSR count). The Morgan fingerprint density at radius 1 is 1.21 bits per heavy atom. The molecule has 0 aromatic carbocycles. The lowest BCUT2D eigenvalue weighted by Gasteiger charge is -2.23. The van der Waals surface area contributed by atoms with Crippen molar-refractivity contribution in [3.63, 3.8) is 0 Å². The van der Waals surface area contributed by atoms with Gasteiger partial charge >= 0.3 is 6.18 Å². The quantitative estimate of drug-likeness (QED) is 0.811. The summed E-state index contributed by atoms with van der Waals surface area (Å²) in [7, 11) is 1.77. The molecule has 0 aliphatic heterocycles. The van der Waals surface area contributed by atoms with E-state index in [1.807, 2.05) is 0 Å². The van der Waals surface area contributed by atoms with Gasteiger partial charge in [0.15, 0.2) is 0 Å². The molecule has 0 fully saturated rings. The Bertz CT molecular complexity index is 619. The van der Waals surface area contributed by atoms with Crippen LogP contribution in [0.15, 0.2) is 42.9 Å². The molecule has 0 bridgehead atoms. The lowest BCUT2D eigenvalue weighted by Crippen LogP contribution is -2.38. The van der Waals surface area contributed by atoms with Gasteiger partial charge in [0.2, 0.25) is 0 Å². The minimum absolute atomic E-state index is 0.0153. The van der Waals surface area contributed by atoms with Crippen molar-refractivity contribution < 1.29 is 18.3 Å². The van der Waals surface area contributed by atoms with Crippen molar-refractivity contribution in [1.82, 2.24) is 9.97 Å². The van der Waals surface area contributed by atoms with Gasteiger partial charge < -0.3 is 15.3 Å². The second-order valence-electron chi connectivity index (χ2n) is 5.34. The molecule has 0 saturated heterocycles. The highest BCUT2D eigenvalue weighted by Crippen LogP contribution is 2.26. The number of hydrogen-bond donors (Lipinski definition) is 2. The summed E-state index contributed by atoms with van der Waals surface area (Å²) < 4.78 is 39.8. The molecule has 2 aromatic heterocycles. The summed E-state index contributed by atoms with van der Waals surface area (Å²) in [6, 6.07) is 4.52. The van der Waals surface area contributed by atoms with Gasteiger partial charge in [0.05, 0.1) is 18.5 Å². The topological polar surface area (TPSA) is 61.3 Å². The molecule has 2 aromatic rings. The molecule has 2 N–H and O–H groups in total. The van der Waals surface area contributed by atoms with E-state index in [2.05, 4.69) is 15.3 Å². The van der Waals surface area contributed by atoms with Gasteiger partial charge in [-0.25, -0.2) is 4.98 Å². The molecular formula is C16H19F3N4O. The van der Waals surface area contributed by atoms with E-state index in [-0.39, 0.29) is 18.8 Å². The Morgan fingerprint density at radius 3 is 2.46 bits per heavy atom. The van der Waals surface area contributed by atoms with Crippen LogP contribution in [-0.4, -0.2) is 47.5 Å². The van der Waals surface area contributed by atoms with Crippen LogP contribution in [0, 0.1) is 0 Å². The molecule has 0 aliphatic carbocycles. The first-order chi connectivity index (χ1) is 11.4. The molecule has 0 spiro atoms. The molecule has 0 saturated carbocycles. The van der Waals surface area contributed by atoms with Crippen molar-refractivity contribution in [3.05, 3.63) is 48.4 Å². The number of aliphatic hydroxyl groups excluding tert-OH is 1. The lowest BCUT2D eigenvalue weighted by molar-refractivity contribution is -0.142. The molecule has 1 atom stereocenters. The van der Waals surface area contributed by atoms with E-state index in [1.54, 1.807) is 30.1 Å². The van der Waals surface area contributed by atoms with Gasteiger partial charge in [-0.05, 0) is 29.8 Å². The van der Waals surface area contributed by atoms with Crippen molar-refractivity contribution in [2.45, 2.75) is 18.6 Å². The Labute approximate surface area is 138 Å². The maximum Gasteiger partial charge on any atom is 0.408 e. The first kappa shape index (κ1) is 18.0. The van der Waals surface area contributed by atoms with E-state index in [9.17, 15) is 13.2 Å². The zero-order chi connectivity index (χ0) is 17.6. The molecule has 24 heavy (non-hydrogen) atoms. The van der Waals surface area contributed by atoms with Gasteiger partial charge in [0, 0.05) is 32.4 Å². The number of pyridine rings is 2. The summed E-state index contributed by atoms with van der Waals surface area (Å²) in [6.07, 6.45) is -0.214. The van der Waals surface area contributed by atoms with Gasteiger partial charge in [0.1, 0.15) is 11.9 Å². The van der Waals surface area contributed by atoms with Crippen LogP contribution in [0.5, 0.6) is 0 Å². The number of hydrogen-bond acceptors (Lipinski definition) is 5. The number of nitrogens with zero attached hydrogens (tertiary/aromatic N) is 3. The van der Waals surface area contributed by atoms with E-state index < -0.39 is 12.2 Å². The number of anilines is 2. The second-order valence-corrected chi connectivity index (χ2v) is 5.34. The van der Waals surface area contributed by atoms with E-state index in [0.29, 0.717) is 17.8 Å². The monoisotopic (exact) mass is 340 g/mol. The minimum Gasteiger partial charge on any atom is -0.395 e. The van der Waals surface area contributed by atoms with E-state index >= 15 is 0 Å². The molecule has 2 heterocycles. The Kier molecular flexibility index (Phi) is 5.97. The van der Waals surface area contributed by atoms with E-state index in [0.717, 1.165) is 0 Å². The van der Waals surface area contributed by atoms with Crippen molar-refractivity contribution >= 4 is 11.5 Å². The number of rotatable bonds is 7. The molecule has 0 aliphatic rings. The second kappa shape index (κ2) is 7.96. The molecule has 8 heteroatoms. The number of aromatic nitrogens is 2. The number of aliphatic hydroxyl groups is 1. The molecule has 0 amide bonds. The SMILES string of the molecule is CN(CCO)c1ccc(NC(Cc2ccncc2)C(F)(F)F)nc1. The highest BCUT2D eigenvalue weighted by Gasteiger charge is 2.39. The molecular weight excluding hydrogens is 321 g/mol. The van der Waals surface area contributed by atoms with Crippen molar-refractivity contribution in [1.29, 1.82) is 0 Å². The smallest absolute Gasteiger partial charge is 0.395 e. The summed E-state index contributed by atoms with van der Waals surface area (Å²) >= 11 is 0. The van der Waals surface area contributed by atoms with Crippen LogP contribution in [0.3, 0.4) is 0 Å². The van der Waals surface area contributed by atoms with Gasteiger partial charge in [-0.15, -0.1) is 0 Å². The normalized spacial score (nSPS) is 12.7. The highest BCUT2D eigenvalue weighted by atomic mass is 19.4. The average molecular weight is 340 g/mol. The summed E-state index contributed by atoms with van der Waals surface area (Å²) in [6.45, 7) is 0.403. The van der Waals surface area contributed by atoms with Crippen LogP contribution < -0.4 is 10.2 Å². The van der Waals surface area contributed by atoms with Gasteiger partial charge in [0.25, 0.3) is 0 Å². The fourth-order valence-electron chi connectivity index (χ4n) is 2.16. The van der Waals surface area contributed by atoms with E-state index in [1.165, 1.54) is 24.7 Å². The number of halogens is 3. The standard InChI is InChI=1S/C16H19F3N4O/c1-23(8-9-24)13-2-3-15(21-11-13)22-14(16(17,18)19)10-12-4-6-20-7-5-12/h2-7,11,14,24H,8-10H2,1H3,(H,21,22). The number of alkyl halides is 3. The predicted octanol–water partition coefficient (Wildman–Crippen LogP) is 2.49. The van der Waals surface area contributed by atoms with Crippen LogP contribution in [0.1, 0.15) is 5.56 Å². The van der Waals surface area contributed by atoms with Gasteiger partial charge in [-0.1, -0.05) is 0 Å². The summed E-state index contributed by atoms with van der Waals surface area (Å²) in [5.41, 5.74) is 1.26. The lowest BCUT2D eigenvalue weighted by atomic mass is 10.1. The maximum atomic E-state index is 13.3. The zero-order valence-corrected chi connectivity index (χ0v) is 13.2. The minimum atomic E-state index is -4.41. The molecule has 130 valence electrons. The van der Waals surface area contributed by atoms with Crippen molar-refractivity contribution in [2.24, 2.45) is 0 Å². The summed E-state index contributed by atoms with van der Waals surface area (Å²) in [4.78, 5) is 9.59. The van der Waals surface area contributed by atoms with E-state index in [4.69, 9.17) is 5.11 Å². The first-order valence-corrected chi connectivity index (χ1v) is 7.40. The van der Waals surface area contributed by atoms with Crippen LogP contribution in [-0.2, 0) is 6.42 Å². The molecule has 5 nitrogen and oxygen atoms in total. The van der Waals surface area contributed by atoms with Crippen molar-refractivity contribution in [2.75, 3.05) is 30.4 Å². The number of likely N-dealkylation sites (N-methyl/N-ethyl adjacent to an activating group) is 1. The van der Waals surface area contributed by atoms with Crippen LogP contribution in [0.2, 0.25) is 0 Å². The Morgan fingerprint density at radius 2 is 1.92 bits per heavy atom. The van der Waals surface area contributed by atoms with Crippen LogP contribution >= 0.6 is 0 Å². The van der Waals surface area contributed by atoms with Crippen LogP contribution in [0.4, 0.5) is 24.7 Å². The summed E-state index contributed by atoms with van der Waals surface area (Å²) in [5.74, 6) is 0.146. The van der Waals surface area contributed by atoms with Gasteiger partial charge in [-0.3, -0.25) is 4.98 Å². The average Bonchev–Trinajstić information content (AvgIpc) is 2.55. The fourth-order valence-corrected chi connectivity index (χ4v) is 2.16. The predicted molar refractivity (Wildman–Crippen MR) is 86.0 cm³/mol. The highest BCUT2D eigenvalue weighted by molar-refractivity contribution is 5.49. The maximum absolute atomic E-state index is 13.3. The zero-order valence-electron chi connectivity index (χ0n) is 13.2. The third-order valence-corrected chi connectivity index (χ3v) is 3.53. The Balaban J connectivity index is 2.09. The fraction of sp³-hybridized carbons (Fsp3) is 0.375. The molecule has 1 unspecified atom stereocenters. The van der Waals surface area contributed by atoms with Crippen molar-refractivity contribution in [3.8, 4) is 0 Å². The largest absolute Gasteiger partial charge is 0.408 e. The third kappa shape index (κ3) is 5.09. The Hall–Kier alpha value is -2.35. The van der Waals surface area contributed by atoms with Gasteiger partial charge in [-0.2, -0.15) is 13.2 Å². The molecule has 0 radical (unpaired) electrons. The third-order valence-electron chi connectivity index (χ3n) is 3.53.